The van der Waals surface area contributed by atoms with Crippen molar-refractivity contribution in [1.82, 2.24) is 0 Å². The van der Waals surface area contributed by atoms with Crippen LogP contribution in [-0.2, 0) is 14.3 Å². The molecule has 0 amide bonds. The van der Waals surface area contributed by atoms with Crippen LogP contribution in [0.3, 0.4) is 0 Å². The molecule has 0 saturated carbocycles. The standard InChI is InChI=1S/C19H30O4/c1-7-15(6)16-8-10-17(11-9-16)21-12-18(20)23-19(13(2)3)22-14(4)5/h8-11,13-15,19H,7,12H2,1-6H3. The second-order valence-corrected chi connectivity index (χ2v) is 6.45. The third-order valence-corrected chi connectivity index (χ3v) is 3.62. The van der Waals surface area contributed by atoms with E-state index in [1.807, 2.05) is 52.0 Å². The van der Waals surface area contributed by atoms with Gasteiger partial charge in [0.15, 0.2) is 6.61 Å². The number of hydrogen-bond acceptors (Lipinski definition) is 4. The van der Waals surface area contributed by atoms with Crippen molar-refractivity contribution in [2.75, 3.05) is 6.61 Å². The topological polar surface area (TPSA) is 44.8 Å². The maximum atomic E-state index is 11.9. The van der Waals surface area contributed by atoms with Crippen molar-refractivity contribution in [3.63, 3.8) is 0 Å². The van der Waals surface area contributed by atoms with Gasteiger partial charge in [0.05, 0.1) is 6.10 Å². The SMILES string of the molecule is CCC(C)c1ccc(OCC(=O)OC(OC(C)C)C(C)C)cc1. The number of carbonyl (C=O) groups excluding carboxylic acids is 1. The summed E-state index contributed by atoms with van der Waals surface area (Å²) in [6, 6.07) is 7.85. The quantitative estimate of drug-likeness (QED) is 0.495. The van der Waals surface area contributed by atoms with Gasteiger partial charge in [-0.15, -0.1) is 0 Å². The third-order valence-electron chi connectivity index (χ3n) is 3.62. The van der Waals surface area contributed by atoms with E-state index in [0.29, 0.717) is 11.7 Å². The summed E-state index contributed by atoms with van der Waals surface area (Å²) in [5, 5.41) is 0. The molecule has 0 bridgehead atoms. The molecule has 0 spiro atoms. The fourth-order valence-electron chi connectivity index (χ4n) is 2.02. The van der Waals surface area contributed by atoms with Crippen LogP contribution in [0, 0.1) is 5.92 Å². The van der Waals surface area contributed by atoms with Gasteiger partial charge >= 0.3 is 5.97 Å². The number of ether oxygens (including phenoxy) is 3. The molecular formula is C19H30O4. The van der Waals surface area contributed by atoms with Crippen LogP contribution < -0.4 is 4.74 Å². The molecule has 2 unspecified atom stereocenters. The van der Waals surface area contributed by atoms with Crippen LogP contribution in [0.1, 0.15) is 59.4 Å². The van der Waals surface area contributed by atoms with Crippen LogP contribution >= 0.6 is 0 Å². The van der Waals surface area contributed by atoms with E-state index in [4.69, 9.17) is 14.2 Å². The number of rotatable bonds is 9. The second-order valence-electron chi connectivity index (χ2n) is 6.45. The minimum atomic E-state index is -0.543. The highest BCUT2D eigenvalue weighted by Gasteiger charge is 2.20. The molecule has 0 aromatic heterocycles. The van der Waals surface area contributed by atoms with Gasteiger partial charge in [0.2, 0.25) is 6.29 Å². The molecule has 0 aliphatic heterocycles. The summed E-state index contributed by atoms with van der Waals surface area (Å²) in [5.74, 6) is 0.861. The van der Waals surface area contributed by atoms with Crippen LogP contribution in [0.2, 0.25) is 0 Å². The van der Waals surface area contributed by atoms with Gasteiger partial charge < -0.3 is 14.2 Å². The molecule has 4 heteroatoms. The monoisotopic (exact) mass is 322 g/mol. The smallest absolute Gasteiger partial charge is 0.346 e. The molecule has 0 aliphatic rings. The van der Waals surface area contributed by atoms with Gasteiger partial charge in [0.1, 0.15) is 5.75 Å². The van der Waals surface area contributed by atoms with E-state index in [1.165, 1.54) is 5.56 Å². The summed E-state index contributed by atoms with van der Waals surface area (Å²) in [6.45, 7) is 12.0. The average molecular weight is 322 g/mol. The lowest BCUT2D eigenvalue weighted by Crippen LogP contribution is -2.31. The van der Waals surface area contributed by atoms with Gasteiger partial charge in [0.25, 0.3) is 0 Å². The average Bonchev–Trinajstić information content (AvgIpc) is 2.51. The number of hydrogen-bond donors (Lipinski definition) is 0. The van der Waals surface area contributed by atoms with E-state index < -0.39 is 12.3 Å². The first-order valence-corrected chi connectivity index (χ1v) is 8.41. The minimum Gasteiger partial charge on any atom is -0.482 e. The Morgan fingerprint density at radius 1 is 1.04 bits per heavy atom. The zero-order chi connectivity index (χ0) is 17.4. The summed E-state index contributed by atoms with van der Waals surface area (Å²) >= 11 is 0. The Morgan fingerprint density at radius 3 is 2.13 bits per heavy atom. The molecule has 1 aromatic carbocycles. The molecule has 0 N–H and O–H groups in total. The zero-order valence-corrected chi connectivity index (χ0v) is 15.2. The van der Waals surface area contributed by atoms with E-state index in [1.54, 1.807) is 0 Å². The van der Waals surface area contributed by atoms with E-state index in [-0.39, 0.29) is 18.6 Å². The lowest BCUT2D eigenvalue weighted by molar-refractivity contribution is -0.199. The van der Waals surface area contributed by atoms with Gasteiger partial charge in [-0.05, 0) is 43.9 Å². The highest BCUT2D eigenvalue weighted by Crippen LogP contribution is 2.21. The van der Waals surface area contributed by atoms with Crippen molar-refractivity contribution in [2.45, 2.75) is 66.3 Å². The van der Waals surface area contributed by atoms with Gasteiger partial charge in [-0.3, -0.25) is 0 Å². The Kier molecular flexibility index (Phi) is 8.10. The van der Waals surface area contributed by atoms with E-state index in [0.717, 1.165) is 6.42 Å². The normalized spacial score (nSPS) is 13.9. The maximum Gasteiger partial charge on any atom is 0.346 e. The number of carbonyl (C=O) groups is 1. The van der Waals surface area contributed by atoms with E-state index in [2.05, 4.69) is 13.8 Å². The molecule has 0 heterocycles. The minimum absolute atomic E-state index is 0.00391. The van der Waals surface area contributed by atoms with E-state index >= 15 is 0 Å². The Morgan fingerprint density at radius 2 is 1.65 bits per heavy atom. The third kappa shape index (κ3) is 7.04. The van der Waals surface area contributed by atoms with E-state index in [9.17, 15) is 4.79 Å². The van der Waals surface area contributed by atoms with Crippen molar-refractivity contribution >= 4 is 5.97 Å². The predicted octanol–water partition coefficient (Wildman–Crippen LogP) is 4.53. The van der Waals surface area contributed by atoms with Crippen molar-refractivity contribution in [3.05, 3.63) is 29.8 Å². The summed E-state index contributed by atoms with van der Waals surface area (Å²) in [5.41, 5.74) is 1.27. The van der Waals surface area contributed by atoms with Gasteiger partial charge in [0, 0.05) is 5.92 Å². The van der Waals surface area contributed by atoms with Crippen LogP contribution in [0.15, 0.2) is 24.3 Å². The summed E-state index contributed by atoms with van der Waals surface area (Å²) in [6.07, 6.45) is 0.557. The predicted molar refractivity (Wildman–Crippen MR) is 91.6 cm³/mol. The molecule has 23 heavy (non-hydrogen) atoms. The molecule has 1 aromatic rings. The molecule has 0 saturated heterocycles. The summed E-state index contributed by atoms with van der Waals surface area (Å²) in [7, 11) is 0. The molecule has 130 valence electrons. The second kappa shape index (κ2) is 9.56. The van der Waals surface area contributed by atoms with Crippen LogP contribution in [0.4, 0.5) is 0 Å². The van der Waals surface area contributed by atoms with Crippen LogP contribution in [-0.4, -0.2) is 25.0 Å². The zero-order valence-electron chi connectivity index (χ0n) is 15.2. The van der Waals surface area contributed by atoms with Gasteiger partial charge in [-0.1, -0.05) is 39.8 Å². The Bertz CT molecular complexity index is 465. The molecule has 0 radical (unpaired) electrons. The van der Waals surface area contributed by atoms with Crippen molar-refractivity contribution < 1.29 is 19.0 Å². The number of esters is 1. The fourth-order valence-corrected chi connectivity index (χ4v) is 2.02. The summed E-state index contributed by atoms with van der Waals surface area (Å²) in [4.78, 5) is 11.9. The van der Waals surface area contributed by atoms with Gasteiger partial charge in [-0.25, -0.2) is 4.79 Å². The van der Waals surface area contributed by atoms with Crippen molar-refractivity contribution in [1.29, 1.82) is 0 Å². The Labute approximate surface area is 140 Å². The largest absolute Gasteiger partial charge is 0.482 e. The molecular weight excluding hydrogens is 292 g/mol. The fraction of sp³-hybridized carbons (Fsp3) is 0.632. The number of benzene rings is 1. The Balaban J connectivity index is 2.48. The molecule has 2 atom stereocenters. The summed E-state index contributed by atoms with van der Waals surface area (Å²) < 4.78 is 16.4. The highest BCUT2D eigenvalue weighted by atomic mass is 16.7. The first kappa shape index (κ1) is 19.5. The molecule has 1 rings (SSSR count). The lowest BCUT2D eigenvalue weighted by Gasteiger charge is -2.23. The Hall–Kier alpha value is -1.55. The molecule has 4 nitrogen and oxygen atoms in total. The van der Waals surface area contributed by atoms with Crippen molar-refractivity contribution in [2.24, 2.45) is 5.92 Å². The maximum absolute atomic E-state index is 11.9. The van der Waals surface area contributed by atoms with Crippen LogP contribution in [0.5, 0.6) is 5.75 Å². The molecule has 0 fully saturated rings. The molecule has 0 aliphatic carbocycles. The first-order valence-electron chi connectivity index (χ1n) is 8.41. The van der Waals surface area contributed by atoms with Gasteiger partial charge in [-0.2, -0.15) is 0 Å². The van der Waals surface area contributed by atoms with Crippen LogP contribution in [0.25, 0.3) is 0 Å². The highest BCUT2D eigenvalue weighted by molar-refractivity contribution is 5.71. The first-order chi connectivity index (χ1) is 10.8. The lowest BCUT2D eigenvalue weighted by atomic mass is 9.99. The van der Waals surface area contributed by atoms with Crippen molar-refractivity contribution in [3.8, 4) is 5.75 Å².